The third-order valence-corrected chi connectivity index (χ3v) is 7.44. The van der Waals surface area contributed by atoms with Crippen molar-refractivity contribution < 1.29 is 19.2 Å². The van der Waals surface area contributed by atoms with Gasteiger partial charge in [-0.3, -0.25) is 19.3 Å². The summed E-state index contributed by atoms with van der Waals surface area (Å²) in [5, 5.41) is 5.54. The topological polar surface area (TPSA) is 98.8 Å². The van der Waals surface area contributed by atoms with Crippen molar-refractivity contribution in [3.8, 4) is 0 Å². The highest BCUT2D eigenvalue weighted by Gasteiger charge is 2.50. The minimum atomic E-state index is -0.998. The van der Waals surface area contributed by atoms with Gasteiger partial charge in [0.1, 0.15) is 12.1 Å². The minimum absolute atomic E-state index is 0.0146. The van der Waals surface area contributed by atoms with Crippen LogP contribution in [0.5, 0.6) is 0 Å². The molecule has 2 N–H and O–H groups in total. The molecule has 3 fully saturated rings. The van der Waals surface area contributed by atoms with Crippen LogP contribution in [-0.4, -0.2) is 64.8 Å². The fourth-order valence-electron chi connectivity index (χ4n) is 4.39. The van der Waals surface area contributed by atoms with E-state index in [1.165, 1.54) is 16.2 Å². The fourth-order valence-corrected chi connectivity index (χ4v) is 5.31. The lowest BCUT2D eigenvalue weighted by Gasteiger charge is -2.38. The largest absolute Gasteiger partial charge is 0.350 e. The molecule has 1 saturated carbocycles. The van der Waals surface area contributed by atoms with Gasteiger partial charge in [-0.25, -0.2) is 4.79 Å². The maximum atomic E-state index is 13.0. The molecule has 1 atom stereocenters. The lowest BCUT2D eigenvalue weighted by atomic mass is 9.91. The van der Waals surface area contributed by atoms with Crippen molar-refractivity contribution in [1.29, 1.82) is 0 Å². The van der Waals surface area contributed by atoms with Crippen molar-refractivity contribution in [3.63, 3.8) is 0 Å². The smallest absolute Gasteiger partial charge is 0.325 e. The molecule has 5 amide bonds. The summed E-state index contributed by atoms with van der Waals surface area (Å²) in [5.41, 5.74) is -0.916. The van der Waals surface area contributed by atoms with E-state index >= 15 is 0 Å². The summed E-state index contributed by atoms with van der Waals surface area (Å²) < 4.78 is 0. The molecule has 0 bridgehead atoms. The highest BCUT2D eigenvalue weighted by atomic mass is 32.1. The van der Waals surface area contributed by atoms with Crippen LogP contribution in [0.25, 0.3) is 0 Å². The number of likely N-dealkylation sites (tertiary alicyclic amines) is 1. The van der Waals surface area contributed by atoms with E-state index < -0.39 is 17.5 Å². The molecule has 3 aliphatic rings. The molecule has 9 heteroatoms. The number of carbonyl (C=O) groups excluding carboxylic acids is 4. The number of nitrogens with zero attached hydrogens (tertiary/aromatic N) is 2. The van der Waals surface area contributed by atoms with Crippen LogP contribution in [0.15, 0.2) is 12.1 Å². The zero-order valence-electron chi connectivity index (χ0n) is 17.6. The summed E-state index contributed by atoms with van der Waals surface area (Å²) in [5.74, 6) is -0.775. The van der Waals surface area contributed by atoms with E-state index in [-0.39, 0.29) is 29.8 Å². The number of carbonyl (C=O) groups is 4. The Morgan fingerprint density at radius 3 is 2.57 bits per heavy atom. The van der Waals surface area contributed by atoms with Crippen molar-refractivity contribution in [1.82, 2.24) is 20.4 Å². The van der Waals surface area contributed by atoms with E-state index in [4.69, 9.17) is 0 Å². The molecule has 2 saturated heterocycles. The standard InChI is InChI=1S/C21H28N4O4S/c1-4-14-5-6-15(30-14)17(27)24-10-13(9-21(12-24)7-8-21)22-16(26)11-25-18(28)20(2,3)23-19(25)29/h5-6,13H,4,7-12H2,1-3H3,(H,22,26)(H,23,29). The minimum Gasteiger partial charge on any atom is -0.350 e. The molecule has 1 aliphatic carbocycles. The number of hydrogen-bond acceptors (Lipinski definition) is 5. The first-order valence-electron chi connectivity index (χ1n) is 10.4. The number of urea groups is 1. The van der Waals surface area contributed by atoms with Gasteiger partial charge >= 0.3 is 6.03 Å². The van der Waals surface area contributed by atoms with E-state index in [1.54, 1.807) is 13.8 Å². The van der Waals surface area contributed by atoms with E-state index in [2.05, 4.69) is 17.6 Å². The van der Waals surface area contributed by atoms with Crippen LogP contribution in [-0.2, 0) is 16.0 Å². The Balaban J connectivity index is 1.40. The summed E-state index contributed by atoms with van der Waals surface area (Å²) >= 11 is 1.52. The van der Waals surface area contributed by atoms with E-state index in [1.807, 2.05) is 17.0 Å². The second kappa shape index (κ2) is 7.37. The number of thiophene rings is 1. The maximum Gasteiger partial charge on any atom is 0.325 e. The van der Waals surface area contributed by atoms with Crippen LogP contribution in [0, 0.1) is 5.41 Å². The molecule has 162 valence electrons. The third-order valence-electron chi connectivity index (χ3n) is 6.22. The molecule has 30 heavy (non-hydrogen) atoms. The van der Waals surface area contributed by atoms with E-state index in [0.29, 0.717) is 6.54 Å². The number of piperidine rings is 1. The van der Waals surface area contributed by atoms with Crippen molar-refractivity contribution in [2.45, 2.75) is 58.0 Å². The van der Waals surface area contributed by atoms with Crippen molar-refractivity contribution >= 4 is 35.1 Å². The van der Waals surface area contributed by atoms with Crippen LogP contribution >= 0.6 is 11.3 Å². The predicted octanol–water partition coefficient (Wildman–Crippen LogP) is 1.75. The lowest BCUT2D eigenvalue weighted by Crippen LogP contribution is -2.55. The molecule has 1 spiro atoms. The molecular formula is C21H28N4O4S. The zero-order valence-corrected chi connectivity index (χ0v) is 18.4. The Hall–Kier alpha value is -2.42. The normalized spacial score (nSPS) is 24.2. The molecular weight excluding hydrogens is 404 g/mol. The van der Waals surface area contributed by atoms with Crippen LogP contribution < -0.4 is 10.6 Å². The summed E-state index contributed by atoms with van der Waals surface area (Å²) in [4.78, 5) is 54.7. The van der Waals surface area contributed by atoms with Crippen LogP contribution in [0.2, 0.25) is 0 Å². The van der Waals surface area contributed by atoms with Crippen molar-refractivity contribution in [2.24, 2.45) is 5.41 Å². The second-order valence-electron chi connectivity index (χ2n) is 9.22. The van der Waals surface area contributed by atoms with Crippen LogP contribution in [0.1, 0.15) is 54.6 Å². The summed E-state index contributed by atoms with van der Waals surface area (Å²) in [6.07, 6.45) is 3.82. The van der Waals surface area contributed by atoms with Crippen molar-refractivity contribution in [2.75, 3.05) is 19.6 Å². The fraction of sp³-hybridized carbons (Fsp3) is 0.619. The molecule has 2 aliphatic heterocycles. The average molecular weight is 433 g/mol. The quantitative estimate of drug-likeness (QED) is 0.693. The number of hydrogen-bond donors (Lipinski definition) is 2. The summed E-state index contributed by atoms with van der Waals surface area (Å²) in [6, 6.07) is 3.14. The highest BCUT2D eigenvalue weighted by Crippen LogP contribution is 2.52. The van der Waals surface area contributed by atoms with Gasteiger partial charge in [0.15, 0.2) is 0 Å². The molecule has 4 rings (SSSR count). The number of amides is 5. The summed E-state index contributed by atoms with van der Waals surface area (Å²) in [7, 11) is 0. The van der Waals surface area contributed by atoms with Gasteiger partial charge in [-0.1, -0.05) is 6.92 Å². The summed E-state index contributed by atoms with van der Waals surface area (Å²) in [6.45, 7) is 6.15. The lowest BCUT2D eigenvalue weighted by molar-refractivity contribution is -0.134. The Morgan fingerprint density at radius 1 is 1.27 bits per heavy atom. The average Bonchev–Trinajstić information content (AvgIpc) is 3.17. The molecule has 0 radical (unpaired) electrons. The van der Waals surface area contributed by atoms with Gasteiger partial charge in [0.2, 0.25) is 5.91 Å². The van der Waals surface area contributed by atoms with E-state index in [0.717, 1.165) is 42.0 Å². The first-order chi connectivity index (χ1) is 14.1. The van der Waals surface area contributed by atoms with Gasteiger partial charge in [0, 0.05) is 24.0 Å². The van der Waals surface area contributed by atoms with Gasteiger partial charge < -0.3 is 15.5 Å². The van der Waals surface area contributed by atoms with Gasteiger partial charge in [0.05, 0.1) is 4.88 Å². The zero-order chi connectivity index (χ0) is 21.7. The Labute approximate surface area is 180 Å². The predicted molar refractivity (Wildman–Crippen MR) is 112 cm³/mol. The monoisotopic (exact) mass is 432 g/mol. The van der Waals surface area contributed by atoms with E-state index in [9.17, 15) is 19.2 Å². The van der Waals surface area contributed by atoms with Gasteiger partial charge in [-0.05, 0) is 57.1 Å². The molecule has 1 aromatic rings. The number of rotatable bonds is 5. The van der Waals surface area contributed by atoms with Gasteiger partial charge in [-0.2, -0.15) is 0 Å². The van der Waals surface area contributed by atoms with Crippen LogP contribution in [0.3, 0.4) is 0 Å². The van der Waals surface area contributed by atoms with Crippen molar-refractivity contribution in [3.05, 3.63) is 21.9 Å². The Bertz CT molecular complexity index is 905. The molecule has 0 aromatic carbocycles. The maximum absolute atomic E-state index is 13.0. The molecule has 1 aromatic heterocycles. The van der Waals surface area contributed by atoms with Crippen LogP contribution in [0.4, 0.5) is 4.79 Å². The molecule has 1 unspecified atom stereocenters. The first kappa shape index (κ1) is 20.8. The molecule has 8 nitrogen and oxygen atoms in total. The van der Waals surface area contributed by atoms with Gasteiger partial charge in [0.25, 0.3) is 11.8 Å². The Morgan fingerprint density at radius 2 is 2.00 bits per heavy atom. The number of aryl methyl sites for hydroxylation is 1. The number of imide groups is 1. The van der Waals surface area contributed by atoms with Gasteiger partial charge in [-0.15, -0.1) is 11.3 Å². The SMILES string of the molecule is CCc1ccc(C(=O)N2CC(NC(=O)CN3C(=O)NC(C)(C)C3=O)CC3(CC3)C2)s1. The first-order valence-corrected chi connectivity index (χ1v) is 11.3. The second-order valence-corrected chi connectivity index (χ2v) is 10.4. The third kappa shape index (κ3) is 3.95. The highest BCUT2D eigenvalue weighted by molar-refractivity contribution is 7.14. The number of nitrogens with one attached hydrogen (secondary N) is 2. The Kier molecular flexibility index (Phi) is 5.12. The molecule has 3 heterocycles.